The van der Waals surface area contributed by atoms with E-state index in [1.807, 2.05) is 24.3 Å². The van der Waals surface area contributed by atoms with Crippen LogP contribution in [0.4, 0.5) is 0 Å². The second-order valence-corrected chi connectivity index (χ2v) is 7.84. The molecule has 0 aromatic heterocycles. The molecule has 5 rings (SSSR count). The van der Waals surface area contributed by atoms with Crippen LogP contribution in [0.3, 0.4) is 0 Å². The van der Waals surface area contributed by atoms with Crippen LogP contribution in [0.2, 0.25) is 0 Å². The van der Waals surface area contributed by atoms with Crippen molar-refractivity contribution in [3.8, 4) is 5.75 Å². The number of fused-ring (bicyclic) bond motifs is 4. The van der Waals surface area contributed by atoms with Crippen molar-refractivity contribution in [2.75, 3.05) is 26.7 Å². The molecule has 0 saturated carbocycles. The molecule has 2 atom stereocenters. The van der Waals surface area contributed by atoms with E-state index in [0.29, 0.717) is 18.4 Å². The van der Waals surface area contributed by atoms with Gasteiger partial charge in [-0.2, -0.15) is 0 Å². The standard InChI is InChI=1S/C23H28N2O2/c1-27-22-9-5-8-19(12-22)13-23(26)25-16-20-10-11-21(17-25)24(15-20)14-18-6-3-2-4-7-18/h2-9,12,20-21H,10-11,13-17H2,1H3/t20-,21-/m0/s1. The van der Waals surface area contributed by atoms with Crippen molar-refractivity contribution in [3.63, 3.8) is 0 Å². The van der Waals surface area contributed by atoms with E-state index < -0.39 is 0 Å². The summed E-state index contributed by atoms with van der Waals surface area (Å²) in [6.07, 6.45) is 2.88. The fourth-order valence-corrected chi connectivity index (χ4v) is 4.46. The summed E-state index contributed by atoms with van der Waals surface area (Å²) in [5, 5.41) is 0. The van der Waals surface area contributed by atoms with E-state index in [1.165, 1.54) is 18.4 Å². The average Bonchev–Trinajstić information content (AvgIpc) is 3.01. The number of hydrogen-bond acceptors (Lipinski definition) is 3. The Bertz CT molecular complexity index is 777. The highest BCUT2D eigenvalue weighted by molar-refractivity contribution is 5.79. The van der Waals surface area contributed by atoms with Gasteiger partial charge in [0.2, 0.25) is 5.91 Å². The lowest BCUT2D eigenvalue weighted by atomic mass is 9.94. The molecule has 0 N–H and O–H groups in total. The molecule has 4 nitrogen and oxygen atoms in total. The van der Waals surface area contributed by atoms with Crippen LogP contribution >= 0.6 is 0 Å². The molecule has 3 aliphatic rings. The first-order chi connectivity index (χ1) is 13.2. The van der Waals surface area contributed by atoms with Crippen LogP contribution in [-0.2, 0) is 17.8 Å². The summed E-state index contributed by atoms with van der Waals surface area (Å²) in [6, 6.07) is 19.0. The van der Waals surface area contributed by atoms with Crippen LogP contribution in [0.5, 0.6) is 5.75 Å². The summed E-state index contributed by atoms with van der Waals surface area (Å²) >= 11 is 0. The number of rotatable bonds is 5. The number of benzene rings is 2. The smallest absolute Gasteiger partial charge is 0.227 e. The van der Waals surface area contributed by atoms with Gasteiger partial charge in [-0.25, -0.2) is 0 Å². The molecule has 0 radical (unpaired) electrons. The highest BCUT2D eigenvalue weighted by atomic mass is 16.5. The van der Waals surface area contributed by atoms with Gasteiger partial charge >= 0.3 is 0 Å². The number of ether oxygens (including phenoxy) is 1. The lowest BCUT2D eigenvalue weighted by Crippen LogP contribution is -2.44. The SMILES string of the molecule is COc1cccc(CC(=O)N2C[C@H]3CC[C@@H](C2)N(Cc2ccccc2)C3)c1. The van der Waals surface area contributed by atoms with Crippen molar-refractivity contribution in [3.05, 3.63) is 65.7 Å². The van der Waals surface area contributed by atoms with Gasteiger partial charge in [0.1, 0.15) is 5.75 Å². The Labute approximate surface area is 161 Å². The molecule has 2 bridgehead atoms. The highest BCUT2D eigenvalue weighted by Gasteiger charge is 2.36. The van der Waals surface area contributed by atoms with Crippen LogP contribution in [0, 0.1) is 5.92 Å². The van der Waals surface area contributed by atoms with Gasteiger partial charge < -0.3 is 9.64 Å². The number of carbonyl (C=O) groups is 1. The van der Waals surface area contributed by atoms with Gasteiger partial charge in [-0.1, -0.05) is 42.5 Å². The first kappa shape index (κ1) is 18.1. The van der Waals surface area contributed by atoms with Gasteiger partial charge in [0.25, 0.3) is 0 Å². The number of hydrogen-bond donors (Lipinski definition) is 0. The molecule has 4 heteroatoms. The monoisotopic (exact) mass is 364 g/mol. The van der Waals surface area contributed by atoms with Gasteiger partial charge in [-0.15, -0.1) is 0 Å². The van der Waals surface area contributed by atoms with Crippen LogP contribution in [-0.4, -0.2) is 48.5 Å². The summed E-state index contributed by atoms with van der Waals surface area (Å²) in [6.45, 7) is 3.83. The van der Waals surface area contributed by atoms with Crippen LogP contribution < -0.4 is 4.74 Å². The summed E-state index contributed by atoms with van der Waals surface area (Å²) in [7, 11) is 1.66. The van der Waals surface area contributed by atoms with Gasteiger partial charge in [0.05, 0.1) is 13.5 Å². The van der Waals surface area contributed by atoms with Crippen LogP contribution in [0.15, 0.2) is 54.6 Å². The number of piperidine rings is 1. The topological polar surface area (TPSA) is 32.8 Å². The van der Waals surface area contributed by atoms with Crippen molar-refractivity contribution in [1.82, 2.24) is 9.80 Å². The molecule has 3 fully saturated rings. The van der Waals surface area contributed by atoms with Crippen LogP contribution in [0.1, 0.15) is 24.0 Å². The molecular weight excluding hydrogens is 336 g/mol. The lowest BCUT2D eigenvalue weighted by molar-refractivity contribution is -0.130. The van der Waals surface area contributed by atoms with E-state index in [1.54, 1.807) is 7.11 Å². The minimum atomic E-state index is 0.238. The molecule has 1 amide bonds. The summed E-state index contributed by atoms with van der Waals surface area (Å²) in [4.78, 5) is 17.7. The fourth-order valence-electron chi connectivity index (χ4n) is 4.46. The average molecular weight is 364 g/mol. The van der Waals surface area contributed by atoms with Crippen molar-refractivity contribution in [1.29, 1.82) is 0 Å². The van der Waals surface area contributed by atoms with Gasteiger partial charge in [0.15, 0.2) is 0 Å². The molecule has 142 valence electrons. The first-order valence-corrected chi connectivity index (χ1v) is 9.90. The molecular formula is C23H28N2O2. The Morgan fingerprint density at radius 3 is 2.63 bits per heavy atom. The molecule has 2 aromatic carbocycles. The predicted octanol–water partition coefficient (Wildman–Crippen LogP) is 3.36. The third kappa shape index (κ3) is 4.33. The van der Waals surface area contributed by atoms with E-state index >= 15 is 0 Å². The zero-order valence-electron chi connectivity index (χ0n) is 16.0. The molecule has 3 saturated heterocycles. The van der Waals surface area contributed by atoms with E-state index in [2.05, 4.69) is 40.1 Å². The van der Waals surface area contributed by atoms with Crippen molar-refractivity contribution in [2.45, 2.75) is 31.8 Å². The van der Waals surface area contributed by atoms with Gasteiger partial charge in [0, 0.05) is 32.2 Å². The molecule has 27 heavy (non-hydrogen) atoms. The number of carbonyl (C=O) groups excluding carboxylic acids is 1. The Balaban J connectivity index is 1.42. The number of amides is 1. The maximum atomic E-state index is 13.0. The van der Waals surface area contributed by atoms with E-state index in [-0.39, 0.29) is 5.91 Å². The van der Waals surface area contributed by atoms with E-state index in [0.717, 1.165) is 37.5 Å². The molecule has 3 heterocycles. The van der Waals surface area contributed by atoms with E-state index in [9.17, 15) is 4.79 Å². The van der Waals surface area contributed by atoms with Crippen molar-refractivity contribution in [2.24, 2.45) is 5.92 Å². The van der Waals surface area contributed by atoms with E-state index in [4.69, 9.17) is 4.74 Å². The molecule has 3 aliphatic heterocycles. The Hall–Kier alpha value is -2.33. The summed E-state index contributed by atoms with van der Waals surface area (Å²) < 4.78 is 5.29. The van der Waals surface area contributed by atoms with Gasteiger partial charge in [-0.05, 0) is 42.0 Å². The summed E-state index contributed by atoms with van der Waals surface area (Å²) in [5.41, 5.74) is 2.39. The largest absolute Gasteiger partial charge is 0.497 e. The third-order valence-corrected chi connectivity index (χ3v) is 5.90. The Morgan fingerprint density at radius 2 is 1.81 bits per heavy atom. The van der Waals surface area contributed by atoms with Gasteiger partial charge in [-0.3, -0.25) is 9.69 Å². The highest BCUT2D eigenvalue weighted by Crippen LogP contribution is 2.29. The summed E-state index contributed by atoms with van der Waals surface area (Å²) in [5.74, 6) is 1.63. The molecule has 0 spiro atoms. The van der Waals surface area contributed by atoms with Crippen LogP contribution in [0.25, 0.3) is 0 Å². The Morgan fingerprint density at radius 1 is 1.00 bits per heavy atom. The maximum absolute atomic E-state index is 13.0. The maximum Gasteiger partial charge on any atom is 0.227 e. The lowest BCUT2D eigenvalue weighted by Gasteiger charge is -2.36. The molecule has 0 aliphatic carbocycles. The third-order valence-electron chi connectivity index (χ3n) is 5.90. The number of methoxy groups -OCH3 is 1. The quantitative estimate of drug-likeness (QED) is 0.816. The Kier molecular flexibility index (Phi) is 5.44. The second kappa shape index (κ2) is 8.13. The second-order valence-electron chi connectivity index (χ2n) is 7.84. The molecule has 2 aromatic rings. The predicted molar refractivity (Wildman–Crippen MR) is 107 cm³/mol. The van der Waals surface area contributed by atoms with Crippen molar-refractivity contribution >= 4 is 5.91 Å². The zero-order valence-corrected chi connectivity index (χ0v) is 16.0. The zero-order chi connectivity index (χ0) is 18.6. The minimum absolute atomic E-state index is 0.238. The minimum Gasteiger partial charge on any atom is -0.497 e. The molecule has 0 unspecified atom stereocenters. The van der Waals surface area contributed by atoms with Crippen molar-refractivity contribution < 1.29 is 9.53 Å². The number of nitrogens with zero attached hydrogens (tertiary/aromatic N) is 2. The normalized spacial score (nSPS) is 22.5. The first-order valence-electron chi connectivity index (χ1n) is 9.90. The fraction of sp³-hybridized carbons (Fsp3) is 0.435.